The number of fused-ring (bicyclic) bond motifs is 1. The Labute approximate surface area is 202 Å². The van der Waals surface area contributed by atoms with Crippen molar-refractivity contribution in [2.45, 2.75) is 95.7 Å². The van der Waals surface area contributed by atoms with Crippen molar-refractivity contribution in [1.82, 2.24) is 10.3 Å². The summed E-state index contributed by atoms with van der Waals surface area (Å²) in [6, 6.07) is 8.11. The van der Waals surface area contributed by atoms with Crippen LogP contribution in [0.3, 0.4) is 0 Å². The third-order valence-corrected chi connectivity index (χ3v) is 8.59. The zero-order valence-corrected chi connectivity index (χ0v) is 21.1. The fraction of sp³-hybridized carbons (Fsp3) is 0.571. The predicted molar refractivity (Wildman–Crippen MR) is 138 cm³/mol. The van der Waals surface area contributed by atoms with Gasteiger partial charge in [-0.2, -0.15) is 0 Å². The quantitative estimate of drug-likeness (QED) is 0.503. The molecule has 0 radical (unpaired) electrons. The molecular weight excluding hydrogens is 426 g/mol. The number of aliphatic imine (C=N–C) groups is 1. The maximum Gasteiger partial charge on any atom is 0.136 e. The van der Waals surface area contributed by atoms with Gasteiger partial charge in [0.05, 0.1) is 21.7 Å². The smallest absolute Gasteiger partial charge is 0.136 e. The molecule has 5 heteroatoms. The highest BCUT2D eigenvalue weighted by atomic mass is 32.1. The zero-order valence-electron chi connectivity index (χ0n) is 20.3. The highest BCUT2D eigenvalue weighted by Crippen LogP contribution is 2.42. The Bertz CT molecular complexity index is 1030. The standard InChI is InChI=1S/C28H37N3OS/c1-18(2)32-26-15-12-19(16-25(26)29-3)28-30-17-27(33-28)23-11-7-10-22-21(23)13-14-24(22)31-20-8-5-4-6-9-20/h7,10-11,15,17-20,24,31H,4-6,8-9,12-14,16H2,1-3H3. The summed E-state index contributed by atoms with van der Waals surface area (Å²) in [5, 5.41) is 5.22. The summed E-state index contributed by atoms with van der Waals surface area (Å²) >= 11 is 1.87. The number of nitrogens with one attached hydrogen (secondary N) is 1. The van der Waals surface area contributed by atoms with Crippen molar-refractivity contribution >= 4 is 17.0 Å². The van der Waals surface area contributed by atoms with Gasteiger partial charge in [0, 0.05) is 37.7 Å². The normalized spacial score (nSPS) is 24.8. The molecule has 5 rings (SSSR count). The molecule has 33 heavy (non-hydrogen) atoms. The lowest BCUT2D eigenvalue weighted by molar-refractivity contribution is 0.160. The molecule has 1 heterocycles. The van der Waals surface area contributed by atoms with E-state index >= 15 is 0 Å². The number of rotatable bonds is 6. The fourth-order valence-electron chi connectivity index (χ4n) is 5.76. The van der Waals surface area contributed by atoms with Crippen molar-refractivity contribution in [3.63, 3.8) is 0 Å². The van der Waals surface area contributed by atoms with E-state index in [0.29, 0.717) is 18.0 Å². The minimum atomic E-state index is 0.174. The second-order valence-corrected chi connectivity index (χ2v) is 11.1. The highest BCUT2D eigenvalue weighted by Gasteiger charge is 2.29. The summed E-state index contributed by atoms with van der Waals surface area (Å²) in [5.41, 5.74) is 5.51. The Balaban J connectivity index is 1.33. The van der Waals surface area contributed by atoms with E-state index in [1.165, 1.54) is 65.1 Å². The number of hydrogen-bond donors (Lipinski definition) is 1. The number of thiazole rings is 1. The van der Waals surface area contributed by atoms with Crippen LogP contribution < -0.4 is 5.32 Å². The van der Waals surface area contributed by atoms with Gasteiger partial charge in [-0.1, -0.05) is 37.5 Å². The molecule has 1 aromatic carbocycles. The van der Waals surface area contributed by atoms with Crippen LogP contribution in [0, 0.1) is 0 Å². The van der Waals surface area contributed by atoms with Crippen molar-refractivity contribution in [2.24, 2.45) is 4.99 Å². The Morgan fingerprint density at radius 1 is 1.15 bits per heavy atom. The minimum absolute atomic E-state index is 0.174. The number of aromatic nitrogens is 1. The molecule has 2 atom stereocenters. The van der Waals surface area contributed by atoms with Gasteiger partial charge in [-0.05, 0) is 68.7 Å². The van der Waals surface area contributed by atoms with E-state index in [9.17, 15) is 0 Å². The molecule has 2 unspecified atom stereocenters. The molecule has 176 valence electrons. The Hall–Kier alpha value is -1.98. The fourth-order valence-corrected chi connectivity index (χ4v) is 6.84. The molecule has 0 bridgehead atoms. The molecule has 0 spiro atoms. The van der Waals surface area contributed by atoms with Gasteiger partial charge in [0.15, 0.2) is 0 Å². The molecule has 3 aliphatic carbocycles. The molecule has 0 saturated heterocycles. The molecule has 2 aromatic rings. The van der Waals surface area contributed by atoms with Crippen LogP contribution >= 0.6 is 11.3 Å². The van der Waals surface area contributed by atoms with E-state index in [4.69, 9.17) is 9.72 Å². The summed E-state index contributed by atoms with van der Waals surface area (Å²) in [6.07, 6.45) is 15.6. The van der Waals surface area contributed by atoms with Crippen LogP contribution in [0.2, 0.25) is 0 Å². The summed E-state index contributed by atoms with van der Waals surface area (Å²) in [4.78, 5) is 10.7. The van der Waals surface area contributed by atoms with E-state index < -0.39 is 0 Å². The van der Waals surface area contributed by atoms with Gasteiger partial charge in [0.1, 0.15) is 5.76 Å². The Morgan fingerprint density at radius 3 is 2.79 bits per heavy atom. The third-order valence-electron chi connectivity index (χ3n) is 7.40. The van der Waals surface area contributed by atoms with Crippen LogP contribution in [-0.2, 0) is 11.2 Å². The van der Waals surface area contributed by atoms with Gasteiger partial charge < -0.3 is 10.1 Å². The number of hydrogen-bond acceptors (Lipinski definition) is 5. The predicted octanol–water partition coefficient (Wildman–Crippen LogP) is 6.98. The van der Waals surface area contributed by atoms with E-state index in [2.05, 4.69) is 54.6 Å². The first-order chi connectivity index (χ1) is 16.1. The second-order valence-electron chi connectivity index (χ2n) is 10.1. The van der Waals surface area contributed by atoms with Gasteiger partial charge in [0.2, 0.25) is 0 Å². The van der Waals surface area contributed by atoms with Gasteiger partial charge >= 0.3 is 0 Å². The van der Waals surface area contributed by atoms with Gasteiger partial charge in [0.25, 0.3) is 0 Å². The molecular formula is C28H37N3OS. The topological polar surface area (TPSA) is 46.5 Å². The second kappa shape index (κ2) is 10.1. The number of nitrogens with zero attached hydrogens (tertiary/aromatic N) is 2. The average molecular weight is 464 g/mol. The molecule has 1 aromatic heterocycles. The molecule has 1 saturated carbocycles. The minimum Gasteiger partial charge on any atom is -0.489 e. The third kappa shape index (κ3) is 4.95. The maximum absolute atomic E-state index is 5.98. The molecule has 1 fully saturated rings. The van der Waals surface area contributed by atoms with Crippen LogP contribution in [0.1, 0.15) is 93.3 Å². The van der Waals surface area contributed by atoms with Crippen LogP contribution in [0.5, 0.6) is 0 Å². The average Bonchev–Trinajstić information content (AvgIpc) is 3.48. The Kier molecular flexibility index (Phi) is 6.98. The monoisotopic (exact) mass is 463 g/mol. The number of benzene rings is 1. The maximum atomic E-state index is 5.98. The van der Waals surface area contributed by atoms with Gasteiger partial charge in [-0.15, -0.1) is 11.3 Å². The zero-order chi connectivity index (χ0) is 22.8. The first kappa shape index (κ1) is 22.8. The van der Waals surface area contributed by atoms with Crippen molar-refractivity contribution in [3.05, 3.63) is 52.4 Å². The van der Waals surface area contributed by atoms with Crippen LogP contribution in [-0.4, -0.2) is 29.9 Å². The van der Waals surface area contributed by atoms with E-state index in [1.54, 1.807) is 0 Å². The summed E-state index contributed by atoms with van der Waals surface area (Å²) in [6.45, 7) is 4.14. The van der Waals surface area contributed by atoms with Gasteiger partial charge in [-0.3, -0.25) is 4.99 Å². The summed E-state index contributed by atoms with van der Waals surface area (Å²) in [5.74, 6) is 1.34. The lowest BCUT2D eigenvalue weighted by atomic mass is 9.92. The van der Waals surface area contributed by atoms with Crippen LogP contribution in [0.25, 0.3) is 10.4 Å². The largest absolute Gasteiger partial charge is 0.489 e. The summed E-state index contributed by atoms with van der Waals surface area (Å²) in [7, 11) is 1.87. The first-order valence-corrected chi connectivity index (χ1v) is 13.6. The molecule has 0 amide bonds. The van der Waals surface area contributed by atoms with Crippen molar-refractivity contribution in [2.75, 3.05) is 7.05 Å². The number of allylic oxidation sites excluding steroid dienone is 2. The SMILES string of the molecule is CN=C1CC(c2ncc(-c3cccc4c3CCC4NC3CCCCC3)s2)CC=C1OC(C)C. The van der Waals surface area contributed by atoms with Crippen molar-refractivity contribution in [1.29, 1.82) is 0 Å². The first-order valence-electron chi connectivity index (χ1n) is 12.8. The van der Waals surface area contributed by atoms with Crippen LogP contribution in [0.15, 0.2) is 41.2 Å². The summed E-state index contributed by atoms with van der Waals surface area (Å²) < 4.78 is 5.98. The van der Waals surface area contributed by atoms with Gasteiger partial charge in [-0.25, -0.2) is 4.98 Å². The van der Waals surface area contributed by atoms with E-state index in [0.717, 1.165) is 30.7 Å². The molecule has 3 aliphatic rings. The lowest BCUT2D eigenvalue weighted by Gasteiger charge is -2.27. The highest BCUT2D eigenvalue weighted by molar-refractivity contribution is 7.15. The van der Waals surface area contributed by atoms with Crippen molar-refractivity contribution in [3.8, 4) is 10.4 Å². The van der Waals surface area contributed by atoms with E-state index in [1.807, 2.05) is 18.4 Å². The van der Waals surface area contributed by atoms with E-state index in [-0.39, 0.29) is 6.10 Å². The molecule has 4 nitrogen and oxygen atoms in total. The lowest BCUT2D eigenvalue weighted by Crippen LogP contribution is -2.33. The van der Waals surface area contributed by atoms with Crippen molar-refractivity contribution < 1.29 is 4.74 Å². The number of ether oxygens (including phenoxy) is 1. The Morgan fingerprint density at radius 2 is 2.00 bits per heavy atom. The molecule has 1 N–H and O–H groups in total. The van der Waals surface area contributed by atoms with Crippen LogP contribution in [0.4, 0.5) is 0 Å². The molecule has 0 aliphatic heterocycles.